The molecular weight excluding hydrogens is 314 g/mol. The molecule has 23 heavy (non-hydrogen) atoms. The van der Waals surface area contributed by atoms with Crippen molar-refractivity contribution in [1.29, 1.82) is 0 Å². The Bertz CT molecular complexity index is 494. The summed E-state index contributed by atoms with van der Waals surface area (Å²) in [6.45, 7) is 5.14. The number of unbranched alkanes of at least 4 members (excludes halogenated alkanes) is 1. The summed E-state index contributed by atoms with van der Waals surface area (Å²) in [7, 11) is 0. The van der Waals surface area contributed by atoms with E-state index in [0.29, 0.717) is 24.2 Å². The number of hydrogen-bond donors (Lipinski definition) is 3. The van der Waals surface area contributed by atoms with Crippen LogP contribution in [0, 0.1) is 0 Å². The molecule has 1 aromatic rings. The molecule has 0 aliphatic rings. The third kappa shape index (κ3) is 7.48. The molecule has 4 N–H and O–H groups in total. The lowest BCUT2D eigenvalue weighted by Gasteiger charge is -2.16. The lowest BCUT2D eigenvalue weighted by molar-refractivity contribution is 0.0935. The lowest BCUT2D eigenvalue weighted by Crippen LogP contribution is -2.40. The summed E-state index contributed by atoms with van der Waals surface area (Å²) in [6.07, 6.45) is 3.85. The van der Waals surface area contributed by atoms with Gasteiger partial charge in [-0.1, -0.05) is 32.8 Å². The average molecular weight is 342 g/mol. The molecule has 0 fully saturated rings. The lowest BCUT2D eigenvalue weighted by atomic mass is 10.1. The number of nitrogens with two attached hydrogens (primary N) is 1. The van der Waals surface area contributed by atoms with Crippen molar-refractivity contribution in [2.75, 3.05) is 13.1 Å². The molecular formula is C17H28ClN3O2. The fourth-order valence-corrected chi connectivity index (χ4v) is 2.11. The Hall–Kier alpha value is -1.59. The van der Waals surface area contributed by atoms with E-state index in [1.54, 1.807) is 24.3 Å². The molecule has 0 radical (unpaired) electrons. The van der Waals surface area contributed by atoms with Gasteiger partial charge in [0.15, 0.2) is 0 Å². The van der Waals surface area contributed by atoms with E-state index in [1.165, 1.54) is 0 Å². The largest absolute Gasteiger partial charge is 0.352 e. The zero-order chi connectivity index (χ0) is 16.4. The number of nitrogens with one attached hydrogen (secondary N) is 2. The van der Waals surface area contributed by atoms with E-state index in [4.69, 9.17) is 5.73 Å². The first-order valence-electron chi connectivity index (χ1n) is 8.01. The quantitative estimate of drug-likeness (QED) is 0.645. The van der Waals surface area contributed by atoms with Crippen LogP contribution in [-0.4, -0.2) is 30.9 Å². The van der Waals surface area contributed by atoms with Crippen molar-refractivity contribution in [3.63, 3.8) is 0 Å². The highest BCUT2D eigenvalue weighted by Gasteiger charge is 2.14. The van der Waals surface area contributed by atoms with Gasteiger partial charge in [-0.25, -0.2) is 0 Å². The van der Waals surface area contributed by atoms with Crippen molar-refractivity contribution >= 4 is 24.2 Å². The Balaban J connectivity index is 0.00000484. The molecule has 0 bridgehead atoms. The van der Waals surface area contributed by atoms with Crippen LogP contribution in [-0.2, 0) is 0 Å². The predicted molar refractivity (Wildman–Crippen MR) is 96.1 cm³/mol. The van der Waals surface area contributed by atoms with Gasteiger partial charge in [-0.05, 0) is 31.0 Å². The second kappa shape index (κ2) is 11.9. The van der Waals surface area contributed by atoms with Crippen molar-refractivity contribution in [3.05, 3.63) is 35.4 Å². The topological polar surface area (TPSA) is 84.2 Å². The van der Waals surface area contributed by atoms with Gasteiger partial charge in [0.1, 0.15) is 0 Å². The molecule has 0 saturated heterocycles. The van der Waals surface area contributed by atoms with E-state index in [-0.39, 0.29) is 30.3 Å². The van der Waals surface area contributed by atoms with Crippen molar-refractivity contribution in [3.8, 4) is 0 Å². The second-order valence-corrected chi connectivity index (χ2v) is 5.39. The maximum Gasteiger partial charge on any atom is 0.251 e. The Morgan fingerprint density at radius 1 is 1.13 bits per heavy atom. The molecule has 0 saturated carbocycles. The standard InChI is InChI=1S/C17H27N3O2.ClH/c1-3-5-9-15(12-18)20-17(22)14-8-6-7-13(11-14)16(21)19-10-4-2;/h6-8,11,15H,3-5,9-10,12,18H2,1-2H3,(H,19,21)(H,20,22);1H. The van der Waals surface area contributed by atoms with Crippen LogP contribution < -0.4 is 16.4 Å². The van der Waals surface area contributed by atoms with E-state index in [0.717, 1.165) is 25.7 Å². The molecule has 0 aliphatic carbocycles. The van der Waals surface area contributed by atoms with Gasteiger partial charge in [-0.3, -0.25) is 9.59 Å². The Morgan fingerprint density at radius 2 is 1.78 bits per heavy atom. The number of carbonyl (C=O) groups is 2. The monoisotopic (exact) mass is 341 g/mol. The summed E-state index contributed by atoms with van der Waals surface area (Å²) >= 11 is 0. The SMILES string of the molecule is CCCCC(CN)NC(=O)c1cccc(C(=O)NCCC)c1.Cl. The van der Waals surface area contributed by atoms with Crippen LogP contribution in [0.15, 0.2) is 24.3 Å². The van der Waals surface area contributed by atoms with E-state index in [9.17, 15) is 9.59 Å². The highest BCUT2D eigenvalue weighted by Crippen LogP contribution is 2.07. The Kier molecular flexibility index (Phi) is 11.1. The average Bonchev–Trinajstić information content (AvgIpc) is 2.56. The molecule has 0 spiro atoms. The van der Waals surface area contributed by atoms with Gasteiger partial charge < -0.3 is 16.4 Å². The van der Waals surface area contributed by atoms with Crippen LogP contribution >= 0.6 is 12.4 Å². The molecule has 0 aromatic heterocycles. The minimum absolute atomic E-state index is 0. The normalized spacial score (nSPS) is 11.3. The summed E-state index contributed by atoms with van der Waals surface area (Å²) in [5.41, 5.74) is 6.68. The summed E-state index contributed by atoms with van der Waals surface area (Å²) in [4.78, 5) is 24.2. The van der Waals surface area contributed by atoms with Gasteiger partial charge in [0.2, 0.25) is 0 Å². The maximum atomic E-state index is 12.3. The molecule has 130 valence electrons. The molecule has 6 heteroatoms. The number of amides is 2. The summed E-state index contributed by atoms with van der Waals surface area (Å²) < 4.78 is 0. The van der Waals surface area contributed by atoms with E-state index >= 15 is 0 Å². The number of hydrogen-bond acceptors (Lipinski definition) is 3. The van der Waals surface area contributed by atoms with Gasteiger partial charge >= 0.3 is 0 Å². The smallest absolute Gasteiger partial charge is 0.251 e. The van der Waals surface area contributed by atoms with E-state index < -0.39 is 0 Å². The highest BCUT2D eigenvalue weighted by atomic mass is 35.5. The molecule has 1 aromatic carbocycles. The molecule has 1 atom stereocenters. The van der Waals surface area contributed by atoms with Gasteiger partial charge in [0, 0.05) is 30.3 Å². The molecule has 1 rings (SSSR count). The van der Waals surface area contributed by atoms with Crippen molar-refractivity contribution < 1.29 is 9.59 Å². The number of carbonyl (C=O) groups excluding carboxylic acids is 2. The maximum absolute atomic E-state index is 12.3. The zero-order valence-electron chi connectivity index (χ0n) is 13.9. The van der Waals surface area contributed by atoms with Crippen LogP contribution in [0.2, 0.25) is 0 Å². The molecule has 2 amide bonds. The van der Waals surface area contributed by atoms with Gasteiger partial charge in [0.25, 0.3) is 11.8 Å². The number of halogens is 1. The highest BCUT2D eigenvalue weighted by molar-refractivity contribution is 5.99. The third-order valence-corrected chi connectivity index (χ3v) is 3.45. The first-order valence-corrected chi connectivity index (χ1v) is 8.01. The second-order valence-electron chi connectivity index (χ2n) is 5.39. The fourth-order valence-electron chi connectivity index (χ4n) is 2.11. The van der Waals surface area contributed by atoms with Gasteiger partial charge in [-0.2, -0.15) is 0 Å². The fraction of sp³-hybridized carbons (Fsp3) is 0.529. The minimum Gasteiger partial charge on any atom is -0.352 e. The van der Waals surface area contributed by atoms with Crippen molar-refractivity contribution in [1.82, 2.24) is 10.6 Å². The van der Waals surface area contributed by atoms with Crippen LogP contribution in [0.3, 0.4) is 0 Å². The summed E-state index contributed by atoms with van der Waals surface area (Å²) in [6, 6.07) is 6.73. The minimum atomic E-state index is -0.184. The summed E-state index contributed by atoms with van der Waals surface area (Å²) in [5, 5.41) is 5.74. The van der Waals surface area contributed by atoms with Crippen LogP contribution in [0.4, 0.5) is 0 Å². The number of benzene rings is 1. The Labute approximate surface area is 144 Å². The van der Waals surface area contributed by atoms with Gasteiger partial charge in [0.05, 0.1) is 0 Å². The van der Waals surface area contributed by atoms with Crippen LogP contribution in [0.25, 0.3) is 0 Å². The molecule has 5 nitrogen and oxygen atoms in total. The third-order valence-electron chi connectivity index (χ3n) is 3.45. The van der Waals surface area contributed by atoms with E-state index in [1.807, 2.05) is 6.92 Å². The molecule has 0 aliphatic heterocycles. The first-order chi connectivity index (χ1) is 10.6. The van der Waals surface area contributed by atoms with Crippen molar-refractivity contribution in [2.24, 2.45) is 5.73 Å². The van der Waals surface area contributed by atoms with Crippen LogP contribution in [0.1, 0.15) is 60.2 Å². The zero-order valence-corrected chi connectivity index (χ0v) is 14.7. The molecule has 1 unspecified atom stereocenters. The summed E-state index contributed by atoms with van der Waals surface area (Å²) in [5.74, 6) is -0.338. The van der Waals surface area contributed by atoms with E-state index in [2.05, 4.69) is 17.6 Å². The number of rotatable bonds is 9. The van der Waals surface area contributed by atoms with Crippen molar-refractivity contribution in [2.45, 2.75) is 45.6 Å². The first kappa shape index (κ1) is 21.4. The predicted octanol–water partition coefficient (Wildman–Crippen LogP) is 2.50. The Morgan fingerprint density at radius 3 is 2.35 bits per heavy atom. The molecule has 0 heterocycles. The van der Waals surface area contributed by atoms with Crippen LogP contribution in [0.5, 0.6) is 0 Å². The van der Waals surface area contributed by atoms with Gasteiger partial charge in [-0.15, -0.1) is 12.4 Å².